The summed E-state index contributed by atoms with van der Waals surface area (Å²) in [4.78, 5) is 15.2. The maximum absolute atomic E-state index is 13.4. The Kier molecular flexibility index (Phi) is 4.66. The Morgan fingerprint density at radius 2 is 2.25 bits per heavy atom. The van der Waals surface area contributed by atoms with Crippen LogP contribution in [-0.4, -0.2) is 22.0 Å². The van der Waals surface area contributed by atoms with Crippen molar-refractivity contribution in [3.05, 3.63) is 59.9 Å². The number of furan rings is 1. The van der Waals surface area contributed by atoms with E-state index in [0.29, 0.717) is 17.6 Å². The Bertz CT molecular complexity index is 826. The molecule has 0 aliphatic carbocycles. The standard InChI is InChI=1S/C18H19FN2O3/c1-11(7-16(22)17-3-2-6-24-17)21-18(23)8-12-10-20-15-5-4-13(19)9-14(12)15/h2-6,9-11,16,20,22H,7-8H2,1H3,(H,21,23). The molecule has 0 spiro atoms. The van der Waals surface area contributed by atoms with Gasteiger partial charge < -0.3 is 19.8 Å². The van der Waals surface area contributed by atoms with Crippen molar-refractivity contribution in [1.82, 2.24) is 10.3 Å². The number of halogens is 1. The van der Waals surface area contributed by atoms with Crippen LogP contribution in [0.15, 0.2) is 47.2 Å². The molecule has 0 fully saturated rings. The van der Waals surface area contributed by atoms with Gasteiger partial charge in [0.25, 0.3) is 0 Å². The first-order valence-corrected chi connectivity index (χ1v) is 7.79. The molecule has 2 aromatic heterocycles. The van der Waals surface area contributed by atoms with Gasteiger partial charge in [0.1, 0.15) is 17.7 Å². The summed E-state index contributed by atoms with van der Waals surface area (Å²) in [5, 5.41) is 13.6. The third kappa shape index (κ3) is 3.65. The van der Waals surface area contributed by atoms with E-state index in [9.17, 15) is 14.3 Å². The monoisotopic (exact) mass is 330 g/mol. The van der Waals surface area contributed by atoms with Crippen molar-refractivity contribution in [3.63, 3.8) is 0 Å². The molecule has 0 saturated carbocycles. The highest BCUT2D eigenvalue weighted by molar-refractivity contribution is 5.89. The highest BCUT2D eigenvalue weighted by Gasteiger charge is 2.17. The molecule has 3 rings (SSSR count). The molecule has 2 atom stereocenters. The van der Waals surface area contributed by atoms with Gasteiger partial charge in [-0.25, -0.2) is 4.39 Å². The predicted octanol–water partition coefficient (Wildman–Crippen LogP) is 3.07. The van der Waals surface area contributed by atoms with Crippen LogP contribution in [0.3, 0.4) is 0 Å². The lowest BCUT2D eigenvalue weighted by atomic mass is 10.1. The number of carbonyl (C=O) groups excluding carboxylic acids is 1. The number of nitrogens with one attached hydrogen (secondary N) is 2. The van der Waals surface area contributed by atoms with Crippen LogP contribution in [0.2, 0.25) is 0 Å². The fraction of sp³-hybridized carbons (Fsp3) is 0.278. The summed E-state index contributed by atoms with van der Waals surface area (Å²) in [7, 11) is 0. The van der Waals surface area contributed by atoms with E-state index >= 15 is 0 Å². The zero-order valence-electron chi connectivity index (χ0n) is 13.3. The van der Waals surface area contributed by atoms with Gasteiger partial charge in [-0.3, -0.25) is 4.79 Å². The molecule has 0 aliphatic rings. The molecule has 5 nitrogen and oxygen atoms in total. The SMILES string of the molecule is CC(CC(O)c1ccco1)NC(=O)Cc1c[nH]c2ccc(F)cc12. The molecule has 24 heavy (non-hydrogen) atoms. The number of H-pyrrole nitrogens is 1. The Morgan fingerprint density at radius 1 is 1.42 bits per heavy atom. The second-order valence-corrected chi connectivity index (χ2v) is 5.92. The average Bonchev–Trinajstić information content (AvgIpc) is 3.17. The topological polar surface area (TPSA) is 78.3 Å². The first kappa shape index (κ1) is 16.3. The van der Waals surface area contributed by atoms with Crippen molar-refractivity contribution in [3.8, 4) is 0 Å². The van der Waals surface area contributed by atoms with Crippen LogP contribution in [-0.2, 0) is 11.2 Å². The number of carbonyl (C=O) groups is 1. The molecule has 126 valence electrons. The summed E-state index contributed by atoms with van der Waals surface area (Å²) < 4.78 is 18.5. The van der Waals surface area contributed by atoms with E-state index in [1.807, 2.05) is 6.92 Å². The number of aliphatic hydroxyl groups excluding tert-OH is 1. The van der Waals surface area contributed by atoms with Crippen LogP contribution in [0.25, 0.3) is 10.9 Å². The fourth-order valence-electron chi connectivity index (χ4n) is 2.79. The predicted molar refractivity (Wildman–Crippen MR) is 87.9 cm³/mol. The molecule has 1 amide bonds. The smallest absolute Gasteiger partial charge is 0.224 e. The van der Waals surface area contributed by atoms with Crippen LogP contribution >= 0.6 is 0 Å². The molecule has 3 N–H and O–H groups in total. The zero-order valence-corrected chi connectivity index (χ0v) is 13.3. The number of aliphatic hydroxyl groups is 1. The minimum atomic E-state index is -0.766. The molecular weight excluding hydrogens is 311 g/mol. The van der Waals surface area contributed by atoms with Crippen molar-refractivity contribution in [2.45, 2.75) is 31.9 Å². The highest BCUT2D eigenvalue weighted by Crippen LogP contribution is 2.21. The number of benzene rings is 1. The molecule has 0 aliphatic heterocycles. The minimum Gasteiger partial charge on any atom is -0.467 e. The molecule has 1 aromatic carbocycles. The second-order valence-electron chi connectivity index (χ2n) is 5.92. The van der Waals surface area contributed by atoms with Crippen LogP contribution < -0.4 is 5.32 Å². The van der Waals surface area contributed by atoms with Gasteiger partial charge in [-0.1, -0.05) is 0 Å². The molecule has 2 unspecified atom stereocenters. The molecule has 3 aromatic rings. The molecular formula is C18H19FN2O3. The maximum Gasteiger partial charge on any atom is 0.224 e. The van der Waals surface area contributed by atoms with E-state index in [1.165, 1.54) is 18.4 Å². The summed E-state index contributed by atoms with van der Waals surface area (Å²) in [6, 6.07) is 7.62. The van der Waals surface area contributed by atoms with E-state index in [4.69, 9.17) is 4.42 Å². The second kappa shape index (κ2) is 6.88. The van der Waals surface area contributed by atoms with Gasteiger partial charge >= 0.3 is 0 Å². The van der Waals surface area contributed by atoms with Crippen LogP contribution in [0.1, 0.15) is 30.8 Å². The average molecular weight is 330 g/mol. The lowest BCUT2D eigenvalue weighted by Crippen LogP contribution is -2.34. The number of hydrogen-bond acceptors (Lipinski definition) is 3. The first-order chi connectivity index (χ1) is 11.5. The van der Waals surface area contributed by atoms with Crippen LogP contribution in [0, 0.1) is 5.82 Å². The van der Waals surface area contributed by atoms with E-state index in [0.717, 1.165) is 11.1 Å². The number of aromatic amines is 1. The van der Waals surface area contributed by atoms with E-state index < -0.39 is 6.10 Å². The lowest BCUT2D eigenvalue weighted by Gasteiger charge is -2.16. The molecule has 0 saturated heterocycles. The highest BCUT2D eigenvalue weighted by atomic mass is 19.1. The van der Waals surface area contributed by atoms with Gasteiger partial charge in [0, 0.05) is 29.6 Å². The number of fused-ring (bicyclic) bond motifs is 1. The largest absolute Gasteiger partial charge is 0.467 e. The minimum absolute atomic E-state index is 0.143. The van der Waals surface area contributed by atoms with E-state index in [2.05, 4.69) is 10.3 Å². The van der Waals surface area contributed by atoms with Gasteiger partial charge in [-0.15, -0.1) is 0 Å². The number of amides is 1. The Morgan fingerprint density at radius 3 is 3.00 bits per heavy atom. The quantitative estimate of drug-likeness (QED) is 0.650. The third-order valence-corrected chi connectivity index (χ3v) is 3.94. The summed E-state index contributed by atoms with van der Waals surface area (Å²) in [6.45, 7) is 1.82. The van der Waals surface area contributed by atoms with Crippen molar-refractivity contribution in [1.29, 1.82) is 0 Å². The van der Waals surface area contributed by atoms with Gasteiger partial charge in [-0.05, 0) is 42.8 Å². The van der Waals surface area contributed by atoms with Crippen LogP contribution in [0.4, 0.5) is 4.39 Å². The number of rotatable bonds is 6. The van der Waals surface area contributed by atoms with Gasteiger partial charge in [-0.2, -0.15) is 0 Å². The molecule has 2 heterocycles. The van der Waals surface area contributed by atoms with Crippen molar-refractivity contribution in [2.75, 3.05) is 0 Å². The lowest BCUT2D eigenvalue weighted by molar-refractivity contribution is -0.121. The summed E-state index contributed by atoms with van der Waals surface area (Å²) in [5.41, 5.74) is 1.53. The fourth-order valence-corrected chi connectivity index (χ4v) is 2.79. The van der Waals surface area contributed by atoms with Gasteiger partial charge in [0.05, 0.1) is 12.7 Å². The van der Waals surface area contributed by atoms with Crippen molar-refractivity contribution >= 4 is 16.8 Å². The molecule has 6 heteroatoms. The third-order valence-electron chi connectivity index (χ3n) is 3.94. The molecule has 0 bridgehead atoms. The maximum atomic E-state index is 13.4. The van der Waals surface area contributed by atoms with E-state index in [1.54, 1.807) is 24.4 Å². The Balaban J connectivity index is 1.59. The summed E-state index contributed by atoms with van der Waals surface area (Å²) in [5.74, 6) is -0.0406. The Labute approximate surface area is 138 Å². The zero-order chi connectivity index (χ0) is 17.1. The van der Waals surface area contributed by atoms with E-state index in [-0.39, 0.29) is 24.2 Å². The van der Waals surface area contributed by atoms with Gasteiger partial charge in [0.15, 0.2) is 0 Å². The van der Waals surface area contributed by atoms with Crippen LogP contribution in [0.5, 0.6) is 0 Å². The first-order valence-electron chi connectivity index (χ1n) is 7.79. The Hall–Kier alpha value is -2.60. The number of aromatic nitrogens is 1. The number of hydrogen-bond donors (Lipinski definition) is 3. The van der Waals surface area contributed by atoms with Crippen molar-refractivity contribution < 1.29 is 18.7 Å². The summed E-state index contributed by atoms with van der Waals surface area (Å²) >= 11 is 0. The van der Waals surface area contributed by atoms with Gasteiger partial charge in [0.2, 0.25) is 5.91 Å². The molecule has 0 radical (unpaired) electrons. The van der Waals surface area contributed by atoms with Crippen molar-refractivity contribution in [2.24, 2.45) is 0 Å². The normalized spacial score (nSPS) is 13.8. The summed E-state index contributed by atoms with van der Waals surface area (Å²) in [6.07, 6.45) is 2.94.